The first kappa shape index (κ1) is 12.7. The van der Waals surface area contributed by atoms with Gasteiger partial charge in [-0.25, -0.2) is 0 Å². The van der Waals surface area contributed by atoms with Gasteiger partial charge in [0, 0.05) is 30.3 Å². The number of carbonyl (C=O) groups is 1. The molecule has 1 fully saturated rings. The summed E-state index contributed by atoms with van der Waals surface area (Å²) < 4.78 is 0. The Balaban J connectivity index is 1.57. The second kappa shape index (κ2) is 5.33. The maximum atomic E-state index is 11.6. The van der Waals surface area contributed by atoms with Crippen molar-refractivity contribution >= 4 is 11.5 Å². The maximum absolute atomic E-state index is 11.6. The van der Waals surface area contributed by atoms with Gasteiger partial charge in [-0.15, -0.1) is 0 Å². The largest absolute Gasteiger partial charge is 0.385 e. The quantitative estimate of drug-likeness (QED) is 0.876. The summed E-state index contributed by atoms with van der Waals surface area (Å²) in [5.41, 5.74) is 9.22. The topological polar surface area (TPSA) is 55.1 Å². The molecule has 3 nitrogen and oxygen atoms in total. The Labute approximate surface area is 114 Å². The van der Waals surface area contributed by atoms with Crippen LogP contribution in [0.1, 0.15) is 48.0 Å². The fourth-order valence-electron chi connectivity index (χ4n) is 3.22. The van der Waals surface area contributed by atoms with Crippen LogP contribution in [-0.4, -0.2) is 18.4 Å². The minimum absolute atomic E-state index is 0.294. The number of Topliss-reactive ketones (excluding diaryl/α,β-unsaturated/α-hetero) is 1. The highest BCUT2D eigenvalue weighted by Gasteiger charge is 2.20. The van der Waals surface area contributed by atoms with Crippen molar-refractivity contribution in [2.75, 3.05) is 11.9 Å². The summed E-state index contributed by atoms with van der Waals surface area (Å²) in [6, 6.07) is 6.58. The average molecular weight is 258 g/mol. The van der Waals surface area contributed by atoms with E-state index >= 15 is 0 Å². The van der Waals surface area contributed by atoms with Crippen LogP contribution in [0.5, 0.6) is 0 Å². The summed E-state index contributed by atoms with van der Waals surface area (Å²) in [7, 11) is 0. The van der Waals surface area contributed by atoms with Gasteiger partial charge < -0.3 is 11.1 Å². The lowest BCUT2D eigenvalue weighted by Gasteiger charge is -2.26. The van der Waals surface area contributed by atoms with Crippen molar-refractivity contribution < 1.29 is 4.79 Å². The van der Waals surface area contributed by atoms with Crippen LogP contribution >= 0.6 is 0 Å². The molecule has 0 unspecified atom stereocenters. The molecule has 0 aromatic heterocycles. The summed E-state index contributed by atoms with van der Waals surface area (Å²) in [5.74, 6) is 1.04. The van der Waals surface area contributed by atoms with Gasteiger partial charge in [-0.3, -0.25) is 4.79 Å². The van der Waals surface area contributed by atoms with E-state index in [0.717, 1.165) is 43.0 Å². The normalized spacial score (nSPS) is 26.3. The number of hydrogen-bond acceptors (Lipinski definition) is 3. The van der Waals surface area contributed by atoms with Crippen LogP contribution in [0.2, 0.25) is 0 Å². The molecule has 102 valence electrons. The van der Waals surface area contributed by atoms with Gasteiger partial charge in [-0.1, -0.05) is 0 Å². The molecule has 1 aromatic carbocycles. The standard InChI is InChI=1S/C16H22N2O/c17-13-4-1-11(2-5-13)10-18-14-6-7-15-12(9-14)3-8-16(15)19/h6-7,9,11,13,18H,1-5,8,10,17H2/t11-,13-. The third-order valence-corrected chi connectivity index (χ3v) is 4.51. The van der Waals surface area contributed by atoms with Crippen LogP contribution in [0.4, 0.5) is 5.69 Å². The Bertz CT molecular complexity index is 476. The van der Waals surface area contributed by atoms with E-state index in [0.29, 0.717) is 18.2 Å². The van der Waals surface area contributed by atoms with Crippen molar-refractivity contribution in [1.29, 1.82) is 0 Å². The van der Waals surface area contributed by atoms with Crippen molar-refractivity contribution in [2.24, 2.45) is 11.7 Å². The van der Waals surface area contributed by atoms with E-state index in [1.54, 1.807) is 0 Å². The zero-order valence-corrected chi connectivity index (χ0v) is 11.3. The lowest BCUT2D eigenvalue weighted by Crippen LogP contribution is -2.29. The van der Waals surface area contributed by atoms with E-state index < -0.39 is 0 Å². The number of rotatable bonds is 3. The molecule has 2 aliphatic rings. The predicted octanol–water partition coefficient (Wildman–Crippen LogP) is 2.74. The van der Waals surface area contributed by atoms with Gasteiger partial charge in [-0.05, 0) is 61.8 Å². The summed E-state index contributed by atoms with van der Waals surface area (Å²) in [5, 5.41) is 3.52. The molecule has 3 rings (SSSR count). The van der Waals surface area contributed by atoms with Crippen LogP contribution in [0.15, 0.2) is 18.2 Å². The van der Waals surface area contributed by atoms with Crippen molar-refractivity contribution in [3.05, 3.63) is 29.3 Å². The summed E-state index contributed by atoms with van der Waals surface area (Å²) in [6.07, 6.45) is 6.37. The molecule has 0 radical (unpaired) electrons. The average Bonchev–Trinajstić information content (AvgIpc) is 2.79. The SMILES string of the molecule is N[C@H]1CC[C@H](CNc2ccc3c(c2)CCC3=O)CC1. The van der Waals surface area contributed by atoms with Crippen molar-refractivity contribution in [3.63, 3.8) is 0 Å². The number of nitrogens with two attached hydrogens (primary N) is 1. The molecule has 0 atom stereocenters. The zero-order valence-electron chi connectivity index (χ0n) is 11.3. The third kappa shape index (κ3) is 2.81. The molecule has 0 saturated heterocycles. The van der Waals surface area contributed by atoms with Crippen molar-refractivity contribution in [3.8, 4) is 0 Å². The number of benzene rings is 1. The Kier molecular flexibility index (Phi) is 3.56. The van der Waals surface area contributed by atoms with Gasteiger partial charge in [0.2, 0.25) is 0 Å². The molecule has 1 aromatic rings. The molecule has 2 aliphatic carbocycles. The van der Waals surface area contributed by atoms with Crippen LogP contribution in [0, 0.1) is 5.92 Å². The molecule has 0 heterocycles. The molecular formula is C16H22N2O. The molecule has 0 spiro atoms. The van der Waals surface area contributed by atoms with E-state index in [2.05, 4.69) is 11.4 Å². The number of carbonyl (C=O) groups excluding carboxylic acids is 1. The number of fused-ring (bicyclic) bond motifs is 1. The zero-order chi connectivity index (χ0) is 13.2. The number of hydrogen-bond donors (Lipinski definition) is 2. The van der Waals surface area contributed by atoms with E-state index in [4.69, 9.17) is 5.73 Å². The minimum Gasteiger partial charge on any atom is -0.385 e. The lowest BCUT2D eigenvalue weighted by atomic mass is 9.86. The second-order valence-corrected chi connectivity index (χ2v) is 5.96. The van der Waals surface area contributed by atoms with Crippen LogP contribution in [0.3, 0.4) is 0 Å². The summed E-state index contributed by atoms with van der Waals surface area (Å²) in [6.45, 7) is 1.03. The molecule has 3 heteroatoms. The van der Waals surface area contributed by atoms with Gasteiger partial charge >= 0.3 is 0 Å². The first-order valence-corrected chi connectivity index (χ1v) is 7.38. The predicted molar refractivity (Wildman–Crippen MR) is 77.5 cm³/mol. The Hall–Kier alpha value is -1.35. The molecule has 1 saturated carbocycles. The minimum atomic E-state index is 0.294. The summed E-state index contributed by atoms with van der Waals surface area (Å²) >= 11 is 0. The molecule has 0 aliphatic heterocycles. The van der Waals surface area contributed by atoms with Crippen molar-refractivity contribution in [1.82, 2.24) is 0 Å². The third-order valence-electron chi connectivity index (χ3n) is 4.51. The second-order valence-electron chi connectivity index (χ2n) is 5.96. The van der Waals surface area contributed by atoms with Crippen LogP contribution in [0.25, 0.3) is 0 Å². The fourth-order valence-corrected chi connectivity index (χ4v) is 3.22. The number of ketones is 1. The molecule has 0 bridgehead atoms. The Morgan fingerprint density at radius 1 is 1.16 bits per heavy atom. The molecular weight excluding hydrogens is 236 g/mol. The first-order chi connectivity index (χ1) is 9.22. The van der Waals surface area contributed by atoms with Gasteiger partial charge in [0.05, 0.1) is 0 Å². The van der Waals surface area contributed by atoms with Crippen LogP contribution < -0.4 is 11.1 Å². The van der Waals surface area contributed by atoms with Crippen LogP contribution in [-0.2, 0) is 6.42 Å². The van der Waals surface area contributed by atoms with E-state index in [9.17, 15) is 4.79 Å². The van der Waals surface area contributed by atoms with Crippen molar-refractivity contribution in [2.45, 2.75) is 44.6 Å². The van der Waals surface area contributed by atoms with E-state index in [1.165, 1.54) is 18.4 Å². The summed E-state index contributed by atoms with van der Waals surface area (Å²) in [4.78, 5) is 11.6. The highest BCUT2D eigenvalue weighted by molar-refractivity contribution is 6.00. The molecule has 19 heavy (non-hydrogen) atoms. The highest BCUT2D eigenvalue weighted by atomic mass is 16.1. The first-order valence-electron chi connectivity index (χ1n) is 7.38. The van der Waals surface area contributed by atoms with Gasteiger partial charge in [0.15, 0.2) is 5.78 Å². The molecule has 3 N–H and O–H groups in total. The number of nitrogens with one attached hydrogen (secondary N) is 1. The maximum Gasteiger partial charge on any atom is 0.163 e. The Morgan fingerprint density at radius 2 is 1.95 bits per heavy atom. The Morgan fingerprint density at radius 3 is 2.74 bits per heavy atom. The van der Waals surface area contributed by atoms with Gasteiger partial charge in [0.1, 0.15) is 0 Å². The lowest BCUT2D eigenvalue weighted by molar-refractivity contribution is 0.0994. The highest BCUT2D eigenvalue weighted by Crippen LogP contribution is 2.27. The van der Waals surface area contributed by atoms with Gasteiger partial charge in [0.25, 0.3) is 0 Å². The number of anilines is 1. The fraction of sp³-hybridized carbons (Fsp3) is 0.562. The van der Waals surface area contributed by atoms with E-state index in [-0.39, 0.29) is 0 Å². The smallest absolute Gasteiger partial charge is 0.163 e. The van der Waals surface area contributed by atoms with Gasteiger partial charge in [-0.2, -0.15) is 0 Å². The number of aryl methyl sites for hydroxylation is 1. The van der Waals surface area contributed by atoms with E-state index in [1.807, 2.05) is 12.1 Å². The molecule has 0 amide bonds. The monoisotopic (exact) mass is 258 g/mol.